The molecule has 1 atom stereocenters. The average molecular weight is 479 g/mol. The molecule has 0 radical (unpaired) electrons. The predicted molar refractivity (Wildman–Crippen MR) is 133 cm³/mol. The van der Waals surface area contributed by atoms with Crippen LogP contribution in [0.2, 0.25) is 5.02 Å². The summed E-state index contributed by atoms with van der Waals surface area (Å²) in [5.74, 6) is 0.711. The Morgan fingerprint density at radius 3 is 2.53 bits per heavy atom. The fourth-order valence-corrected chi connectivity index (χ4v) is 4.44. The first-order chi connectivity index (χ1) is 16.6. The van der Waals surface area contributed by atoms with Crippen LogP contribution in [-0.2, 0) is 0 Å². The molecule has 4 aromatic rings. The van der Waals surface area contributed by atoms with Gasteiger partial charge in [0.1, 0.15) is 30.4 Å². The summed E-state index contributed by atoms with van der Waals surface area (Å²) in [6, 6.07) is 9.69. The van der Waals surface area contributed by atoms with Gasteiger partial charge in [-0.05, 0) is 42.9 Å². The molecule has 176 valence electrons. The molecule has 1 aliphatic heterocycles. The van der Waals surface area contributed by atoms with E-state index in [0.29, 0.717) is 17.3 Å². The van der Waals surface area contributed by atoms with Gasteiger partial charge in [-0.25, -0.2) is 15.0 Å². The summed E-state index contributed by atoms with van der Waals surface area (Å²) in [6.45, 7) is 4.89. The highest BCUT2D eigenvalue weighted by molar-refractivity contribution is 6.31. The van der Waals surface area contributed by atoms with Crippen molar-refractivity contribution >= 4 is 22.6 Å². The molecule has 1 aliphatic rings. The number of ether oxygens (including phenoxy) is 1. The molecule has 3 aromatic heterocycles. The van der Waals surface area contributed by atoms with E-state index in [2.05, 4.69) is 36.8 Å². The lowest BCUT2D eigenvalue weighted by molar-refractivity contribution is 0.0505. The minimum absolute atomic E-state index is 0.257. The third-order valence-electron chi connectivity index (χ3n) is 6.12. The van der Waals surface area contributed by atoms with Gasteiger partial charge in [-0.15, -0.1) is 0 Å². The molecule has 1 saturated heterocycles. The van der Waals surface area contributed by atoms with Crippen LogP contribution >= 0.6 is 11.6 Å². The topological polar surface area (TPSA) is 90.4 Å². The number of pyridine rings is 1. The lowest BCUT2D eigenvalue weighted by atomic mass is 10.0. The van der Waals surface area contributed by atoms with E-state index >= 15 is 0 Å². The highest BCUT2D eigenvalue weighted by Gasteiger charge is 2.19. The van der Waals surface area contributed by atoms with Crippen molar-refractivity contribution in [1.82, 2.24) is 29.7 Å². The van der Waals surface area contributed by atoms with Crippen LogP contribution in [0.1, 0.15) is 0 Å². The molecule has 1 unspecified atom stereocenters. The van der Waals surface area contributed by atoms with Crippen molar-refractivity contribution in [3.05, 3.63) is 60.3 Å². The number of nitrogens with zero attached hydrogens (tertiary/aromatic N) is 5. The fraction of sp³-hybridized carbons (Fsp3) is 0.320. The molecule has 4 heterocycles. The van der Waals surface area contributed by atoms with Crippen LogP contribution in [-0.4, -0.2) is 87.3 Å². The van der Waals surface area contributed by atoms with E-state index < -0.39 is 6.10 Å². The summed E-state index contributed by atoms with van der Waals surface area (Å²) in [5.41, 5.74) is 4.44. The number of aromatic nitrogens is 4. The Bertz CT molecular complexity index is 1240. The van der Waals surface area contributed by atoms with Crippen LogP contribution in [0.5, 0.6) is 5.75 Å². The molecule has 8 nitrogen and oxygen atoms in total. The highest BCUT2D eigenvalue weighted by atomic mass is 35.5. The third-order valence-corrected chi connectivity index (χ3v) is 6.32. The molecule has 2 N–H and O–H groups in total. The Morgan fingerprint density at radius 2 is 1.79 bits per heavy atom. The maximum absolute atomic E-state index is 10.4. The number of likely N-dealkylation sites (N-methyl/N-ethyl adjacent to an activating group) is 1. The molecule has 0 spiro atoms. The van der Waals surface area contributed by atoms with Crippen molar-refractivity contribution in [2.45, 2.75) is 6.10 Å². The number of fused-ring (bicyclic) bond motifs is 1. The molecular weight excluding hydrogens is 452 g/mol. The summed E-state index contributed by atoms with van der Waals surface area (Å²) in [7, 11) is 2.12. The lowest BCUT2D eigenvalue weighted by Gasteiger charge is -2.33. The van der Waals surface area contributed by atoms with Crippen molar-refractivity contribution in [2.24, 2.45) is 0 Å². The summed E-state index contributed by atoms with van der Waals surface area (Å²) < 4.78 is 5.86. The number of nitrogens with one attached hydrogen (secondary N) is 1. The minimum Gasteiger partial charge on any atom is -0.491 e. The number of aromatic amines is 1. The Morgan fingerprint density at radius 1 is 1.06 bits per heavy atom. The second kappa shape index (κ2) is 10.1. The number of halogens is 1. The van der Waals surface area contributed by atoms with Gasteiger partial charge in [0.25, 0.3) is 0 Å². The van der Waals surface area contributed by atoms with E-state index in [1.165, 1.54) is 6.33 Å². The number of benzene rings is 1. The normalized spacial score (nSPS) is 16.1. The zero-order chi connectivity index (χ0) is 23.5. The Kier molecular flexibility index (Phi) is 6.73. The molecule has 0 bridgehead atoms. The number of aliphatic hydroxyl groups excluding tert-OH is 1. The van der Waals surface area contributed by atoms with Gasteiger partial charge in [0.05, 0.1) is 10.7 Å². The summed E-state index contributed by atoms with van der Waals surface area (Å²) in [5, 5.41) is 11.9. The molecule has 0 amide bonds. The van der Waals surface area contributed by atoms with Gasteiger partial charge in [-0.1, -0.05) is 11.6 Å². The molecule has 0 saturated carbocycles. The zero-order valence-corrected chi connectivity index (χ0v) is 19.7. The smallest absolute Gasteiger partial charge is 0.138 e. The number of hydrogen-bond donors (Lipinski definition) is 2. The molecule has 0 aliphatic carbocycles. The molecule has 1 fully saturated rings. The standard InChI is InChI=1S/C25H27ClN6O2/c1-31-6-8-32(9-7-31)14-20(33)15-34-21-4-2-17(3-5-21)24-23(18-11-27-16-28-12-18)22-10-19(26)13-29-25(22)30-24/h2-5,10-13,16,20,33H,6-9,14-15H2,1H3,(H,29,30). The van der Waals surface area contributed by atoms with Gasteiger partial charge < -0.3 is 19.7 Å². The van der Waals surface area contributed by atoms with Gasteiger partial charge in [-0.2, -0.15) is 0 Å². The number of β-amino-alcohol motifs (C(OH)–C–C–N with tert-alkyl or cyclic N) is 1. The second-order valence-corrected chi connectivity index (χ2v) is 9.08. The van der Waals surface area contributed by atoms with Crippen LogP contribution in [0.25, 0.3) is 33.4 Å². The van der Waals surface area contributed by atoms with Crippen LogP contribution in [0.15, 0.2) is 55.2 Å². The van der Waals surface area contributed by atoms with Crippen LogP contribution < -0.4 is 4.74 Å². The van der Waals surface area contributed by atoms with Crippen molar-refractivity contribution in [3.63, 3.8) is 0 Å². The summed E-state index contributed by atoms with van der Waals surface area (Å²) in [6.07, 6.45) is 6.16. The summed E-state index contributed by atoms with van der Waals surface area (Å²) in [4.78, 5) is 20.8. The molecule has 1 aromatic carbocycles. The van der Waals surface area contributed by atoms with Gasteiger partial charge in [-0.3, -0.25) is 4.90 Å². The number of H-pyrrole nitrogens is 1. The van der Waals surface area contributed by atoms with E-state index in [4.69, 9.17) is 16.3 Å². The monoisotopic (exact) mass is 478 g/mol. The largest absolute Gasteiger partial charge is 0.491 e. The minimum atomic E-state index is -0.530. The maximum atomic E-state index is 10.4. The second-order valence-electron chi connectivity index (χ2n) is 8.64. The van der Waals surface area contributed by atoms with Gasteiger partial charge in [0.2, 0.25) is 0 Å². The first-order valence-electron chi connectivity index (χ1n) is 11.3. The zero-order valence-electron chi connectivity index (χ0n) is 19.0. The highest BCUT2D eigenvalue weighted by Crippen LogP contribution is 2.38. The molecule has 9 heteroatoms. The SMILES string of the molecule is CN1CCN(CC(O)COc2ccc(-c3[nH]c4ncc(Cl)cc4c3-c3cncnc3)cc2)CC1. The van der Waals surface area contributed by atoms with Crippen LogP contribution in [0, 0.1) is 0 Å². The van der Waals surface area contributed by atoms with Crippen molar-refractivity contribution in [2.75, 3.05) is 46.4 Å². The van der Waals surface area contributed by atoms with Crippen molar-refractivity contribution in [1.29, 1.82) is 0 Å². The summed E-state index contributed by atoms with van der Waals surface area (Å²) >= 11 is 6.23. The van der Waals surface area contributed by atoms with Crippen LogP contribution in [0.4, 0.5) is 0 Å². The van der Waals surface area contributed by atoms with Gasteiger partial charge in [0.15, 0.2) is 0 Å². The lowest BCUT2D eigenvalue weighted by Crippen LogP contribution is -2.47. The first-order valence-corrected chi connectivity index (χ1v) is 11.7. The number of rotatable bonds is 7. The van der Waals surface area contributed by atoms with E-state index in [9.17, 15) is 5.11 Å². The third kappa shape index (κ3) is 5.05. The predicted octanol–water partition coefficient (Wildman–Crippen LogP) is 3.33. The fourth-order valence-electron chi connectivity index (χ4n) is 4.28. The maximum Gasteiger partial charge on any atom is 0.138 e. The number of piperazine rings is 1. The molecular formula is C25H27ClN6O2. The number of aliphatic hydroxyl groups is 1. The first kappa shape index (κ1) is 22.7. The molecule has 34 heavy (non-hydrogen) atoms. The van der Waals surface area contributed by atoms with E-state index in [1.54, 1.807) is 18.6 Å². The van der Waals surface area contributed by atoms with Crippen molar-refractivity contribution in [3.8, 4) is 28.1 Å². The van der Waals surface area contributed by atoms with Crippen LogP contribution in [0.3, 0.4) is 0 Å². The van der Waals surface area contributed by atoms with Gasteiger partial charge >= 0.3 is 0 Å². The molecule has 5 rings (SSSR count). The average Bonchev–Trinajstić information content (AvgIpc) is 3.23. The van der Waals surface area contributed by atoms with E-state index in [0.717, 1.165) is 59.6 Å². The van der Waals surface area contributed by atoms with E-state index in [-0.39, 0.29) is 6.61 Å². The van der Waals surface area contributed by atoms with E-state index in [1.807, 2.05) is 30.3 Å². The quantitative estimate of drug-likeness (QED) is 0.421. The number of hydrogen-bond acceptors (Lipinski definition) is 7. The Labute approximate surface area is 203 Å². The van der Waals surface area contributed by atoms with Gasteiger partial charge in [0, 0.05) is 67.8 Å². The van der Waals surface area contributed by atoms with Crippen molar-refractivity contribution < 1.29 is 9.84 Å². The Balaban J connectivity index is 1.32. The Hall–Kier alpha value is -3.04.